The minimum absolute atomic E-state index is 0.115. The van der Waals surface area contributed by atoms with Crippen LogP contribution in [0.15, 0.2) is 52.9 Å². The van der Waals surface area contributed by atoms with Gasteiger partial charge in [0.15, 0.2) is 18.1 Å². The standard InChI is InChI=1S/C24H26N4O6S/c1-4-32-22(29)12-19-15-35-24(26-19)27-25-13-17-7-10-20(21(11-17)31-3)33-14-23(30)34-28-18-8-5-16(2)6-9-18/h5-11,13,15,28H,4,12,14H2,1-3H3,(H,26,27). The molecule has 2 N–H and O–H groups in total. The maximum absolute atomic E-state index is 12.0. The molecular weight excluding hydrogens is 472 g/mol. The minimum Gasteiger partial charge on any atom is -0.493 e. The molecule has 0 fully saturated rings. The van der Waals surface area contributed by atoms with Gasteiger partial charge in [-0.3, -0.25) is 10.2 Å². The van der Waals surface area contributed by atoms with Gasteiger partial charge in [0.1, 0.15) is 0 Å². The van der Waals surface area contributed by atoms with E-state index in [9.17, 15) is 9.59 Å². The van der Waals surface area contributed by atoms with Crippen molar-refractivity contribution in [2.75, 3.05) is 31.2 Å². The summed E-state index contributed by atoms with van der Waals surface area (Å²) in [6.07, 6.45) is 1.70. The summed E-state index contributed by atoms with van der Waals surface area (Å²) in [7, 11) is 1.50. The third-order valence-electron chi connectivity index (χ3n) is 4.42. The number of rotatable bonds is 12. The molecule has 0 amide bonds. The number of nitrogens with one attached hydrogen (secondary N) is 2. The van der Waals surface area contributed by atoms with Gasteiger partial charge < -0.3 is 19.0 Å². The second-order valence-corrected chi connectivity index (χ2v) is 8.00. The number of ether oxygens (including phenoxy) is 3. The first kappa shape index (κ1) is 25.5. The van der Waals surface area contributed by atoms with Gasteiger partial charge in [-0.1, -0.05) is 17.7 Å². The first-order valence-electron chi connectivity index (χ1n) is 10.7. The highest BCUT2D eigenvalue weighted by molar-refractivity contribution is 7.13. The van der Waals surface area contributed by atoms with Gasteiger partial charge in [0.25, 0.3) is 0 Å². The van der Waals surface area contributed by atoms with Crippen LogP contribution in [-0.4, -0.2) is 43.5 Å². The topological polar surface area (TPSA) is 120 Å². The van der Waals surface area contributed by atoms with Crippen molar-refractivity contribution in [2.45, 2.75) is 20.3 Å². The molecule has 0 radical (unpaired) electrons. The van der Waals surface area contributed by atoms with Crippen molar-refractivity contribution in [3.8, 4) is 11.5 Å². The third-order valence-corrected chi connectivity index (χ3v) is 5.22. The van der Waals surface area contributed by atoms with E-state index in [1.165, 1.54) is 18.4 Å². The molecule has 1 aromatic heterocycles. The van der Waals surface area contributed by atoms with Crippen molar-refractivity contribution in [3.63, 3.8) is 0 Å². The van der Waals surface area contributed by atoms with Crippen LogP contribution in [0, 0.1) is 6.92 Å². The first-order valence-corrected chi connectivity index (χ1v) is 11.6. The van der Waals surface area contributed by atoms with Gasteiger partial charge in [-0.2, -0.15) is 5.10 Å². The highest BCUT2D eigenvalue weighted by Crippen LogP contribution is 2.27. The summed E-state index contributed by atoms with van der Waals surface area (Å²) in [6.45, 7) is 3.76. The molecule has 0 spiro atoms. The molecule has 0 unspecified atom stereocenters. The highest BCUT2D eigenvalue weighted by Gasteiger charge is 2.10. The molecule has 0 aliphatic rings. The molecule has 0 bridgehead atoms. The fourth-order valence-corrected chi connectivity index (χ4v) is 3.41. The Hall–Kier alpha value is -4.12. The number of hydrogen-bond donors (Lipinski definition) is 2. The molecule has 10 nitrogen and oxygen atoms in total. The second kappa shape index (κ2) is 12.9. The van der Waals surface area contributed by atoms with Crippen molar-refractivity contribution in [1.82, 2.24) is 4.98 Å². The zero-order valence-electron chi connectivity index (χ0n) is 19.6. The van der Waals surface area contributed by atoms with Gasteiger partial charge >= 0.3 is 11.9 Å². The normalized spacial score (nSPS) is 10.6. The Morgan fingerprint density at radius 3 is 2.66 bits per heavy atom. The zero-order valence-corrected chi connectivity index (χ0v) is 20.4. The number of nitrogens with zero attached hydrogens (tertiary/aromatic N) is 2. The van der Waals surface area contributed by atoms with Gasteiger partial charge in [0.2, 0.25) is 5.13 Å². The second-order valence-electron chi connectivity index (χ2n) is 7.14. The van der Waals surface area contributed by atoms with Crippen molar-refractivity contribution in [2.24, 2.45) is 5.10 Å². The summed E-state index contributed by atoms with van der Waals surface area (Å²) in [5.74, 6) is -0.0982. The molecule has 184 valence electrons. The first-order chi connectivity index (χ1) is 17.0. The number of aromatic nitrogens is 1. The molecular formula is C24H26N4O6S. The summed E-state index contributed by atoms with van der Waals surface area (Å²) in [5.41, 5.74) is 8.52. The molecule has 0 aliphatic carbocycles. The fraction of sp³-hybridized carbons (Fsp3) is 0.250. The van der Waals surface area contributed by atoms with E-state index in [1.54, 1.807) is 48.9 Å². The number of carbonyl (C=O) groups excluding carboxylic acids is 2. The average molecular weight is 499 g/mol. The van der Waals surface area contributed by atoms with Crippen LogP contribution >= 0.6 is 11.3 Å². The molecule has 11 heteroatoms. The SMILES string of the molecule is CCOC(=O)Cc1csc(NN=Cc2ccc(OCC(=O)ONc3ccc(C)cc3)c(OC)c2)n1. The highest BCUT2D eigenvalue weighted by atomic mass is 32.1. The predicted molar refractivity (Wildman–Crippen MR) is 133 cm³/mol. The molecule has 2 aromatic carbocycles. The number of methoxy groups -OCH3 is 1. The van der Waals surface area contributed by atoms with Gasteiger partial charge in [0, 0.05) is 5.38 Å². The van der Waals surface area contributed by atoms with E-state index in [2.05, 4.69) is 21.0 Å². The molecule has 0 atom stereocenters. The monoisotopic (exact) mass is 498 g/mol. The van der Waals surface area contributed by atoms with Crippen molar-refractivity contribution >= 4 is 40.3 Å². The summed E-state index contributed by atoms with van der Waals surface area (Å²) in [5, 5.41) is 6.47. The molecule has 35 heavy (non-hydrogen) atoms. The van der Waals surface area contributed by atoms with Gasteiger partial charge in [0.05, 0.1) is 37.7 Å². The lowest BCUT2D eigenvalue weighted by Crippen LogP contribution is -2.18. The molecule has 0 saturated carbocycles. The van der Waals surface area contributed by atoms with E-state index in [4.69, 9.17) is 19.0 Å². The lowest BCUT2D eigenvalue weighted by molar-refractivity contribution is -0.143. The maximum atomic E-state index is 12.0. The number of esters is 1. The summed E-state index contributed by atoms with van der Waals surface area (Å²) in [4.78, 5) is 32.8. The fourth-order valence-electron chi connectivity index (χ4n) is 2.75. The number of anilines is 2. The largest absolute Gasteiger partial charge is 0.493 e. The van der Waals surface area contributed by atoms with Gasteiger partial charge in [-0.15, -0.1) is 11.3 Å². The number of benzene rings is 2. The molecule has 3 aromatic rings. The number of hydrazone groups is 1. The Morgan fingerprint density at radius 1 is 1.11 bits per heavy atom. The van der Waals surface area contributed by atoms with Crippen molar-refractivity contribution in [3.05, 3.63) is 64.7 Å². The van der Waals surface area contributed by atoms with Crippen LogP contribution in [0.4, 0.5) is 10.8 Å². The van der Waals surface area contributed by atoms with Crippen molar-refractivity contribution < 1.29 is 28.6 Å². The lowest BCUT2D eigenvalue weighted by Gasteiger charge is -2.11. The Bertz CT molecular complexity index is 1160. The van der Waals surface area contributed by atoms with E-state index in [0.29, 0.717) is 34.6 Å². The van der Waals surface area contributed by atoms with Crippen LogP contribution in [0.25, 0.3) is 0 Å². The quantitative estimate of drug-likeness (QED) is 0.217. The van der Waals surface area contributed by atoms with Crippen LogP contribution in [0.5, 0.6) is 11.5 Å². The van der Waals surface area contributed by atoms with Gasteiger partial charge in [-0.25, -0.2) is 15.3 Å². The van der Waals surface area contributed by atoms with E-state index in [-0.39, 0.29) is 19.0 Å². The number of aryl methyl sites for hydroxylation is 1. The minimum atomic E-state index is -0.590. The molecule has 1 heterocycles. The number of thiazole rings is 1. The molecule has 3 rings (SSSR count). The average Bonchev–Trinajstić information content (AvgIpc) is 3.29. The van der Waals surface area contributed by atoms with E-state index < -0.39 is 5.97 Å². The molecule has 0 saturated heterocycles. The number of hydrogen-bond acceptors (Lipinski definition) is 11. The Kier molecular flexibility index (Phi) is 9.43. The summed E-state index contributed by atoms with van der Waals surface area (Å²) in [6, 6.07) is 12.5. The van der Waals surface area contributed by atoms with E-state index >= 15 is 0 Å². The molecule has 0 aliphatic heterocycles. The Balaban J connectivity index is 1.49. The van der Waals surface area contributed by atoms with E-state index in [0.717, 1.165) is 11.1 Å². The van der Waals surface area contributed by atoms with Crippen LogP contribution in [0.1, 0.15) is 23.7 Å². The van der Waals surface area contributed by atoms with Crippen molar-refractivity contribution in [1.29, 1.82) is 0 Å². The van der Waals surface area contributed by atoms with E-state index in [1.807, 2.05) is 19.1 Å². The summed E-state index contributed by atoms with van der Waals surface area (Å²) >= 11 is 1.33. The zero-order chi connectivity index (χ0) is 25.0. The Labute approximate surface area is 206 Å². The summed E-state index contributed by atoms with van der Waals surface area (Å²) < 4.78 is 15.8. The van der Waals surface area contributed by atoms with Crippen LogP contribution in [0.2, 0.25) is 0 Å². The third kappa shape index (κ3) is 8.31. The Morgan fingerprint density at radius 2 is 1.91 bits per heavy atom. The lowest BCUT2D eigenvalue weighted by atomic mass is 10.2. The van der Waals surface area contributed by atoms with Crippen LogP contribution in [-0.2, 0) is 25.6 Å². The number of carbonyl (C=O) groups is 2. The van der Waals surface area contributed by atoms with Crippen LogP contribution in [0.3, 0.4) is 0 Å². The predicted octanol–water partition coefficient (Wildman–Crippen LogP) is 3.96. The van der Waals surface area contributed by atoms with Gasteiger partial charge in [-0.05, 0) is 49.7 Å². The maximum Gasteiger partial charge on any atom is 0.369 e. The van der Waals surface area contributed by atoms with Crippen LogP contribution < -0.4 is 20.4 Å². The smallest absolute Gasteiger partial charge is 0.369 e.